The van der Waals surface area contributed by atoms with E-state index in [-0.39, 0.29) is 5.91 Å². The average Bonchev–Trinajstić information content (AvgIpc) is 3.13. The monoisotopic (exact) mass is 400 g/mol. The topological polar surface area (TPSA) is 73.8 Å². The predicted molar refractivity (Wildman–Crippen MR) is 106 cm³/mol. The number of fused-ring (bicyclic) bond motifs is 1. The third-order valence-electron chi connectivity index (χ3n) is 5.45. The third-order valence-corrected chi connectivity index (χ3v) is 7.35. The predicted octanol–water partition coefficient (Wildman–Crippen LogP) is 1.50. The van der Waals surface area contributed by atoms with Crippen LogP contribution in [0, 0.1) is 0 Å². The number of rotatable bonds is 4. The molecule has 148 valence electrons. The summed E-state index contributed by atoms with van der Waals surface area (Å²) in [5.74, 6) is -0.0142. The molecule has 1 aromatic carbocycles. The lowest BCUT2D eigenvalue weighted by molar-refractivity contribution is -0.116. The summed E-state index contributed by atoms with van der Waals surface area (Å²) in [6, 6.07) is 9.09. The second-order valence-electron chi connectivity index (χ2n) is 7.25. The zero-order valence-electron chi connectivity index (χ0n) is 15.9. The van der Waals surface area contributed by atoms with Gasteiger partial charge in [0.15, 0.2) is 0 Å². The summed E-state index contributed by atoms with van der Waals surface area (Å²) in [4.78, 5) is 20.0. The number of piperazine rings is 1. The smallest absolute Gasteiger partial charge is 0.243 e. The summed E-state index contributed by atoms with van der Waals surface area (Å²) in [5.41, 5.74) is 2.93. The van der Waals surface area contributed by atoms with Crippen molar-refractivity contribution < 1.29 is 13.2 Å². The zero-order chi connectivity index (χ0) is 19.7. The number of amides is 1. The summed E-state index contributed by atoms with van der Waals surface area (Å²) in [5, 5.41) is 0. The van der Waals surface area contributed by atoms with Crippen molar-refractivity contribution in [1.82, 2.24) is 14.2 Å². The maximum atomic E-state index is 13.1. The van der Waals surface area contributed by atoms with Gasteiger partial charge < -0.3 is 4.90 Å². The molecule has 0 radical (unpaired) electrons. The standard InChI is InChI=1S/C20H24N4O3S/c1-16(25)24-9-6-18-14-19(2-3-20(18)24)28(26,27)23-12-10-22(11-13-23)15-17-4-7-21-8-5-17/h2-5,7-8,14H,6,9-13,15H2,1H3. The highest BCUT2D eigenvalue weighted by Gasteiger charge is 2.30. The van der Waals surface area contributed by atoms with E-state index in [1.807, 2.05) is 12.1 Å². The third kappa shape index (κ3) is 3.67. The van der Waals surface area contributed by atoms with Crippen molar-refractivity contribution in [3.63, 3.8) is 0 Å². The largest absolute Gasteiger partial charge is 0.312 e. The van der Waals surface area contributed by atoms with E-state index in [9.17, 15) is 13.2 Å². The molecule has 8 heteroatoms. The van der Waals surface area contributed by atoms with E-state index in [4.69, 9.17) is 0 Å². The molecule has 2 aliphatic rings. The first-order valence-corrected chi connectivity index (χ1v) is 10.9. The van der Waals surface area contributed by atoms with Crippen LogP contribution in [0.25, 0.3) is 0 Å². The average molecular weight is 401 g/mol. The number of aromatic nitrogens is 1. The molecule has 0 atom stereocenters. The molecule has 2 aromatic rings. The Morgan fingerprint density at radius 1 is 1.04 bits per heavy atom. The van der Waals surface area contributed by atoms with Crippen LogP contribution in [0.1, 0.15) is 18.1 Å². The molecule has 1 saturated heterocycles. The molecule has 0 N–H and O–H groups in total. The molecule has 0 unspecified atom stereocenters. The van der Waals surface area contributed by atoms with Gasteiger partial charge in [0, 0.05) is 64.3 Å². The van der Waals surface area contributed by atoms with Crippen molar-refractivity contribution in [3.05, 3.63) is 53.9 Å². The van der Waals surface area contributed by atoms with Crippen LogP contribution < -0.4 is 4.90 Å². The summed E-state index contributed by atoms with van der Waals surface area (Å²) in [6.07, 6.45) is 4.24. The van der Waals surface area contributed by atoms with Crippen LogP contribution in [0.15, 0.2) is 47.6 Å². The number of anilines is 1. The zero-order valence-corrected chi connectivity index (χ0v) is 16.7. The molecule has 0 saturated carbocycles. The Hall–Kier alpha value is -2.29. The van der Waals surface area contributed by atoms with Gasteiger partial charge in [-0.3, -0.25) is 14.7 Å². The van der Waals surface area contributed by atoms with Gasteiger partial charge in [-0.05, 0) is 47.9 Å². The molecule has 0 spiro atoms. The van der Waals surface area contributed by atoms with E-state index in [2.05, 4.69) is 9.88 Å². The van der Waals surface area contributed by atoms with Crippen LogP contribution in [0.2, 0.25) is 0 Å². The number of carbonyl (C=O) groups excluding carboxylic acids is 1. The highest BCUT2D eigenvalue weighted by atomic mass is 32.2. The first kappa shape index (κ1) is 19.0. The molecule has 28 heavy (non-hydrogen) atoms. The molecular weight excluding hydrogens is 376 g/mol. The van der Waals surface area contributed by atoms with Crippen LogP contribution in [0.4, 0.5) is 5.69 Å². The number of sulfonamides is 1. The lowest BCUT2D eigenvalue weighted by atomic mass is 10.2. The fourth-order valence-corrected chi connectivity index (χ4v) is 5.36. The van der Waals surface area contributed by atoms with Crippen LogP contribution >= 0.6 is 0 Å². The van der Waals surface area contributed by atoms with Gasteiger partial charge in [-0.25, -0.2) is 8.42 Å². The maximum Gasteiger partial charge on any atom is 0.243 e. The van der Waals surface area contributed by atoms with Gasteiger partial charge in [0.25, 0.3) is 0 Å². The highest BCUT2D eigenvalue weighted by Crippen LogP contribution is 2.31. The van der Waals surface area contributed by atoms with Crippen molar-refractivity contribution in [2.24, 2.45) is 0 Å². The SMILES string of the molecule is CC(=O)N1CCc2cc(S(=O)(=O)N3CCN(Cc4ccncc4)CC3)ccc21. The molecule has 7 nitrogen and oxygen atoms in total. The number of carbonyl (C=O) groups is 1. The molecule has 2 aliphatic heterocycles. The van der Waals surface area contributed by atoms with Crippen molar-refractivity contribution in [2.75, 3.05) is 37.6 Å². The Morgan fingerprint density at radius 2 is 1.75 bits per heavy atom. The first-order chi connectivity index (χ1) is 13.4. The fraction of sp³-hybridized carbons (Fsp3) is 0.400. The Bertz CT molecular complexity index is 970. The van der Waals surface area contributed by atoms with Gasteiger partial charge in [-0.15, -0.1) is 0 Å². The quantitative estimate of drug-likeness (QED) is 0.778. The van der Waals surface area contributed by atoms with E-state index in [1.54, 1.807) is 39.8 Å². The lowest BCUT2D eigenvalue weighted by Crippen LogP contribution is -2.48. The van der Waals surface area contributed by atoms with Crippen molar-refractivity contribution >= 4 is 21.6 Å². The molecule has 4 rings (SSSR count). The van der Waals surface area contributed by atoms with Crippen LogP contribution in [-0.4, -0.2) is 61.2 Å². The van der Waals surface area contributed by atoms with Gasteiger partial charge in [0.05, 0.1) is 4.90 Å². The number of pyridine rings is 1. The first-order valence-electron chi connectivity index (χ1n) is 9.47. The Labute approximate surface area is 165 Å². The molecule has 0 aliphatic carbocycles. The second-order valence-corrected chi connectivity index (χ2v) is 9.18. The molecule has 1 aromatic heterocycles. The highest BCUT2D eigenvalue weighted by molar-refractivity contribution is 7.89. The van der Waals surface area contributed by atoms with E-state index in [1.165, 1.54) is 12.5 Å². The van der Waals surface area contributed by atoms with E-state index >= 15 is 0 Å². The molecule has 3 heterocycles. The minimum atomic E-state index is -3.52. The summed E-state index contributed by atoms with van der Waals surface area (Å²) >= 11 is 0. The molecule has 0 bridgehead atoms. The second kappa shape index (κ2) is 7.62. The summed E-state index contributed by atoms with van der Waals surface area (Å²) < 4.78 is 27.7. The Morgan fingerprint density at radius 3 is 2.43 bits per heavy atom. The van der Waals surface area contributed by atoms with Crippen molar-refractivity contribution in [1.29, 1.82) is 0 Å². The summed E-state index contributed by atoms with van der Waals surface area (Å²) in [7, 11) is -3.52. The molecular formula is C20H24N4O3S. The van der Waals surface area contributed by atoms with E-state index in [0.717, 1.165) is 17.8 Å². The van der Waals surface area contributed by atoms with Crippen molar-refractivity contribution in [3.8, 4) is 0 Å². The van der Waals surface area contributed by atoms with Gasteiger partial charge in [0.2, 0.25) is 15.9 Å². The number of nitrogens with zero attached hydrogens (tertiary/aromatic N) is 4. The number of benzene rings is 1. The lowest BCUT2D eigenvalue weighted by Gasteiger charge is -2.34. The van der Waals surface area contributed by atoms with Crippen LogP contribution in [-0.2, 0) is 27.8 Å². The number of hydrogen-bond donors (Lipinski definition) is 0. The van der Waals surface area contributed by atoms with E-state index < -0.39 is 10.0 Å². The normalized spacial score (nSPS) is 18.2. The fourth-order valence-electron chi connectivity index (χ4n) is 3.89. The van der Waals surface area contributed by atoms with Crippen LogP contribution in [0.5, 0.6) is 0 Å². The minimum Gasteiger partial charge on any atom is -0.312 e. The van der Waals surface area contributed by atoms with Gasteiger partial charge in [-0.2, -0.15) is 4.31 Å². The minimum absolute atomic E-state index is 0.0142. The number of hydrogen-bond acceptors (Lipinski definition) is 5. The van der Waals surface area contributed by atoms with Gasteiger partial charge >= 0.3 is 0 Å². The van der Waals surface area contributed by atoms with Crippen LogP contribution in [0.3, 0.4) is 0 Å². The van der Waals surface area contributed by atoms with Gasteiger partial charge in [-0.1, -0.05) is 0 Å². The Kier molecular flexibility index (Phi) is 5.18. The molecule has 1 amide bonds. The maximum absolute atomic E-state index is 13.1. The Balaban J connectivity index is 1.44. The summed E-state index contributed by atoms with van der Waals surface area (Å²) in [6.45, 7) is 5.30. The van der Waals surface area contributed by atoms with Gasteiger partial charge in [0.1, 0.15) is 0 Å². The molecule has 1 fully saturated rings. The van der Waals surface area contributed by atoms with E-state index in [0.29, 0.717) is 44.0 Å². The van der Waals surface area contributed by atoms with Crippen molar-refractivity contribution in [2.45, 2.75) is 24.8 Å².